The van der Waals surface area contributed by atoms with Crippen LogP contribution in [0.5, 0.6) is 0 Å². The normalized spacial score (nSPS) is 12.5. The van der Waals surface area contributed by atoms with Crippen LogP contribution < -0.4 is 5.73 Å². The highest BCUT2D eigenvalue weighted by Crippen LogP contribution is 2.13. The summed E-state index contributed by atoms with van der Waals surface area (Å²) in [5, 5.41) is 8.95. The summed E-state index contributed by atoms with van der Waals surface area (Å²) in [6.07, 6.45) is 0. The van der Waals surface area contributed by atoms with Crippen molar-refractivity contribution >= 4 is 0 Å². The van der Waals surface area contributed by atoms with Crippen molar-refractivity contribution in [2.24, 2.45) is 5.73 Å². The Morgan fingerprint density at radius 1 is 1.36 bits per heavy atom. The molecule has 58 valence electrons. The van der Waals surface area contributed by atoms with Crippen molar-refractivity contribution in [3.05, 3.63) is 48.2 Å². The maximum Gasteiger partial charge on any atom is 0.106 e. The lowest BCUT2D eigenvalue weighted by molar-refractivity contribution is 0.373. The van der Waals surface area contributed by atoms with E-state index in [4.69, 9.17) is 10.8 Å². The van der Waals surface area contributed by atoms with E-state index in [1.165, 1.54) is 0 Å². The Balaban J connectivity index is 2.85. The summed E-state index contributed by atoms with van der Waals surface area (Å²) >= 11 is 0. The fraction of sp³-hybridized carbons (Fsp3) is 0.111. The Kier molecular flexibility index (Phi) is 2.28. The molecule has 0 heterocycles. The van der Waals surface area contributed by atoms with Crippen LogP contribution in [0.4, 0.5) is 0 Å². The lowest BCUT2D eigenvalue weighted by atomic mass is 10.1. The van der Waals surface area contributed by atoms with Gasteiger partial charge in [0.25, 0.3) is 0 Å². The Morgan fingerprint density at radius 2 is 1.91 bits per heavy atom. The third kappa shape index (κ3) is 1.82. The van der Waals surface area contributed by atoms with Crippen molar-refractivity contribution < 1.29 is 5.11 Å². The molecule has 1 rings (SSSR count). The van der Waals surface area contributed by atoms with Gasteiger partial charge in [-0.15, -0.1) is 0 Å². The largest absolute Gasteiger partial charge is 0.511 e. The van der Waals surface area contributed by atoms with Crippen molar-refractivity contribution in [2.75, 3.05) is 0 Å². The minimum Gasteiger partial charge on any atom is -0.511 e. The summed E-state index contributed by atoms with van der Waals surface area (Å²) < 4.78 is 0. The number of aliphatic hydroxyl groups is 1. The first-order valence-corrected chi connectivity index (χ1v) is 3.40. The van der Waals surface area contributed by atoms with Gasteiger partial charge >= 0.3 is 0 Å². The molecule has 0 bridgehead atoms. The van der Waals surface area contributed by atoms with Crippen molar-refractivity contribution in [3.8, 4) is 0 Å². The van der Waals surface area contributed by atoms with Crippen molar-refractivity contribution in [1.82, 2.24) is 0 Å². The van der Waals surface area contributed by atoms with Crippen LogP contribution >= 0.6 is 0 Å². The molecule has 1 aromatic rings. The van der Waals surface area contributed by atoms with Crippen molar-refractivity contribution in [1.29, 1.82) is 0 Å². The molecule has 0 saturated heterocycles. The molecule has 1 aromatic carbocycles. The van der Waals surface area contributed by atoms with Crippen LogP contribution in [0, 0.1) is 0 Å². The molecule has 0 aliphatic rings. The van der Waals surface area contributed by atoms with Gasteiger partial charge in [0.15, 0.2) is 0 Å². The Labute approximate surface area is 66.0 Å². The highest BCUT2D eigenvalue weighted by molar-refractivity contribution is 5.23. The third-order valence-corrected chi connectivity index (χ3v) is 1.52. The van der Waals surface area contributed by atoms with Crippen LogP contribution in [-0.2, 0) is 0 Å². The first-order valence-electron chi connectivity index (χ1n) is 3.40. The SMILES string of the molecule is C=C(O)C(N)c1ccccc1. The van der Waals surface area contributed by atoms with E-state index >= 15 is 0 Å². The van der Waals surface area contributed by atoms with E-state index < -0.39 is 6.04 Å². The van der Waals surface area contributed by atoms with Crippen molar-refractivity contribution in [3.63, 3.8) is 0 Å². The van der Waals surface area contributed by atoms with Gasteiger partial charge in [-0.2, -0.15) is 0 Å². The van der Waals surface area contributed by atoms with Crippen LogP contribution in [0.3, 0.4) is 0 Å². The summed E-state index contributed by atoms with van der Waals surface area (Å²) in [5.41, 5.74) is 6.46. The predicted molar refractivity (Wildman–Crippen MR) is 45.1 cm³/mol. The molecule has 0 amide bonds. The van der Waals surface area contributed by atoms with Gasteiger partial charge in [0, 0.05) is 0 Å². The van der Waals surface area contributed by atoms with Gasteiger partial charge in [-0.3, -0.25) is 0 Å². The van der Waals surface area contributed by atoms with E-state index in [2.05, 4.69) is 6.58 Å². The lowest BCUT2D eigenvalue weighted by Crippen LogP contribution is -2.11. The third-order valence-electron chi connectivity index (χ3n) is 1.52. The summed E-state index contributed by atoms with van der Waals surface area (Å²) in [6, 6.07) is 8.89. The molecule has 0 radical (unpaired) electrons. The Hall–Kier alpha value is -1.28. The molecular weight excluding hydrogens is 138 g/mol. The van der Waals surface area contributed by atoms with Crippen LogP contribution in [0.2, 0.25) is 0 Å². The van der Waals surface area contributed by atoms with Crippen molar-refractivity contribution in [2.45, 2.75) is 6.04 Å². The van der Waals surface area contributed by atoms with Crippen LogP contribution in [-0.4, -0.2) is 5.11 Å². The fourth-order valence-corrected chi connectivity index (χ4v) is 0.853. The minimum atomic E-state index is -0.462. The number of rotatable bonds is 2. The van der Waals surface area contributed by atoms with E-state index in [1.54, 1.807) is 0 Å². The Bertz CT molecular complexity index is 243. The molecule has 0 aliphatic carbocycles. The molecule has 2 heteroatoms. The first kappa shape index (κ1) is 7.82. The molecule has 1 unspecified atom stereocenters. The highest BCUT2D eigenvalue weighted by Gasteiger charge is 2.06. The van der Waals surface area contributed by atoms with Gasteiger partial charge in [0.2, 0.25) is 0 Å². The molecule has 0 saturated carbocycles. The summed E-state index contributed by atoms with van der Waals surface area (Å²) in [5.74, 6) is -0.00352. The average Bonchev–Trinajstić information content (AvgIpc) is 2.05. The average molecular weight is 149 g/mol. The van der Waals surface area contributed by atoms with E-state index in [0.717, 1.165) is 5.56 Å². The van der Waals surface area contributed by atoms with Crippen LogP contribution in [0.15, 0.2) is 42.7 Å². The van der Waals surface area contributed by atoms with Gasteiger partial charge in [0.1, 0.15) is 5.76 Å². The van der Waals surface area contributed by atoms with Crippen LogP contribution in [0.25, 0.3) is 0 Å². The predicted octanol–water partition coefficient (Wildman–Crippen LogP) is 1.76. The molecule has 0 fully saturated rings. The number of hydrogen-bond donors (Lipinski definition) is 2. The van der Waals surface area contributed by atoms with Gasteiger partial charge in [0.05, 0.1) is 6.04 Å². The van der Waals surface area contributed by atoms with Crippen LogP contribution in [0.1, 0.15) is 11.6 Å². The second-order valence-corrected chi connectivity index (χ2v) is 2.38. The zero-order valence-corrected chi connectivity index (χ0v) is 6.20. The molecule has 2 nitrogen and oxygen atoms in total. The zero-order valence-electron chi connectivity index (χ0n) is 6.20. The number of benzene rings is 1. The molecule has 11 heavy (non-hydrogen) atoms. The van der Waals surface area contributed by atoms with E-state index in [-0.39, 0.29) is 5.76 Å². The zero-order chi connectivity index (χ0) is 8.27. The quantitative estimate of drug-likeness (QED) is 0.629. The minimum absolute atomic E-state index is 0.00352. The topological polar surface area (TPSA) is 46.2 Å². The van der Waals surface area contributed by atoms with E-state index in [0.29, 0.717) is 0 Å². The molecule has 3 N–H and O–H groups in total. The van der Waals surface area contributed by atoms with Gasteiger partial charge in [-0.1, -0.05) is 36.9 Å². The number of aliphatic hydroxyl groups excluding tert-OH is 1. The number of hydrogen-bond acceptors (Lipinski definition) is 2. The lowest BCUT2D eigenvalue weighted by Gasteiger charge is -2.08. The monoisotopic (exact) mass is 149 g/mol. The first-order chi connectivity index (χ1) is 5.22. The number of nitrogens with two attached hydrogens (primary N) is 1. The fourth-order valence-electron chi connectivity index (χ4n) is 0.853. The standard InChI is InChI=1S/C9H11NO/c1-7(11)9(10)8-5-3-2-4-6-8/h2-6,9,11H,1,10H2. The second-order valence-electron chi connectivity index (χ2n) is 2.38. The summed E-state index contributed by atoms with van der Waals surface area (Å²) in [7, 11) is 0. The van der Waals surface area contributed by atoms with Gasteiger partial charge < -0.3 is 10.8 Å². The van der Waals surface area contributed by atoms with Gasteiger partial charge in [-0.25, -0.2) is 0 Å². The summed E-state index contributed by atoms with van der Waals surface area (Å²) in [6.45, 7) is 3.36. The van der Waals surface area contributed by atoms with E-state index in [1.807, 2.05) is 30.3 Å². The molecule has 0 aromatic heterocycles. The molecule has 0 spiro atoms. The smallest absolute Gasteiger partial charge is 0.106 e. The van der Waals surface area contributed by atoms with Gasteiger partial charge in [-0.05, 0) is 5.56 Å². The highest BCUT2D eigenvalue weighted by atomic mass is 16.3. The maximum absolute atomic E-state index is 8.95. The molecule has 0 aliphatic heterocycles. The summed E-state index contributed by atoms with van der Waals surface area (Å²) in [4.78, 5) is 0. The Morgan fingerprint density at radius 3 is 2.36 bits per heavy atom. The molecule has 1 atom stereocenters. The molecular formula is C9H11NO. The maximum atomic E-state index is 8.95. The van der Waals surface area contributed by atoms with E-state index in [9.17, 15) is 0 Å². The second kappa shape index (κ2) is 3.21.